The Hall–Kier alpha value is -2.01. The third-order valence-corrected chi connectivity index (χ3v) is 4.09. The topological polar surface area (TPSA) is 68.0 Å². The van der Waals surface area contributed by atoms with Crippen LogP contribution in [0.1, 0.15) is 24.1 Å². The summed E-state index contributed by atoms with van der Waals surface area (Å²) in [5, 5.41) is 3.80. The molecule has 110 valence electrons. The average Bonchev–Trinajstić information content (AvgIpc) is 2.47. The molecule has 0 fully saturated rings. The van der Waals surface area contributed by atoms with E-state index in [1.165, 1.54) is 17.3 Å². The number of carbonyl (C=O) groups excluding carboxylic acids is 1. The van der Waals surface area contributed by atoms with Crippen LogP contribution in [0.3, 0.4) is 0 Å². The fraction of sp³-hybridized carbons (Fsp3) is 0.250. The van der Waals surface area contributed by atoms with Gasteiger partial charge >= 0.3 is 0 Å². The van der Waals surface area contributed by atoms with E-state index < -0.39 is 0 Å². The highest BCUT2D eigenvalue weighted by atomic mass is 32.2. The summed E-state index contributed by atoms with van der Waals surface area (Å²) < 4.78 is 0. The zero-order valence-corrected chi connectivity index (χ0v) is 13.0. The van der Waals surface area contributed by atoms with Crippen molar-refractivity contribution < 1.29 is 4.79 Å². The number of nitrogens with one attached hydrogen (secondary N) is 1. The van der Waals surface area contributed by atoms with Crippen molar-refractivity contribution in [3.8, 4) is 0 Å². The van der Waals surface area contributed by atoms with Crippen molar-refractivity contribution in [2.45, 2.75) is 24.9 Å². The quantitative estimate of drug-likeness (QED) is 0.833. The van der Waals surface area contributed by atoms with Gasteiger partial charge in [0.05, 0.1) is 28.7 Å². The number of aromatic nitrogens is 1. The van der Waals surface area contributed by atoms with E-state index in [1.807, 2.05) is 44.2 Å². The molecule has 21 heavy (non-hydrogen) atoms. The van der Waals surface area contributed by atoms with Gasteiger partial charge in [-0.1, -0.05) is 36.0 Å². The predicted octanol–water partition coefficient (Wildman–Crippen LogP) is 2.94. The van der Waals surface area contributed by atoms with Crippen molar-refractivity contribution >= 4 is 23.4 Å². The van der Waals surface area contributed by atoms with E-state index >= 15 is 0 Å². The average molecular weight is 301 g/mol. The van der Waals surface area contributed by atoms with Crippen LogP contribution >= 0.6 is 11.8 Å². The Labute approximate surface area is 129 Å². The molecule has 0 aliphatic heterocycles. The molecule has 0 bridgehead atoms. The first-order valence-corrected chi connectivity index (χ1v) is 7.74. The molecule has 1 atom stereocenters. The standard InChI is InChI=1S/C16H19N3OS/c1-11-5-3-4-6-14(11)12(2)19-15(20)10-21-16-8-7-13(17)9-18-16/h3-9,12H,10,17H2,1-2H3,(H,19,20). The van der Waals surface area contributed by atoms with Crippen molar-refractivity contribution in [2.75, 3.05) is 11.5 Å². The lowest BCUT2D eigenvalue weighted by atomic mass is 10.0. The van der Waals surface area contributed by atoms with Crippen LogP contribution in [-0.2, 0) is 4.79 Å². The Balaban J connectivity index is 1.87. The third kappa shape index (κ3) is 4.49. The molecule has 1 aromatic heterocycles. The Bertz CT molecular complexity index is 613. The molecule has 1 aromatic carbocycles. The number of rotatable bonds is 5. The van der Waals surface area contributed by atoms with Gasteiger partial charge in [-0.3, -0.25) is 4.79 Å². The number of anilines is 1. The van der Waals surface area contributed by atoms with E-state index in [-0.39, 0.29) is 11.9 Å². The number of pyridine rings is 1. The van der Waals surface area contributed by atoms with Crippen molar-refractivity contribution in [1.29, 1.82) is 0 Å². The summed E-state index contributed by atoms with van der Waals surface area (Å²) in [4.78, 5) is 16.2. The number of carbonyl (C=O) groups is 1. The lowest BCUT2D eigenvalue weighted by Gasteiger charge is -2.16. The number of thioether (sulfide) groups is 1. The Morgan fingerprint density at radius 3 is 2.76 bits per heavy atom. The predicted molar refractivity (Wildman–Crippen MR) is 87.1 cm³/mol. The molecule has 2 rings (SSSR count). The molecule has 4 nitrogen and oxygen atoms in total. The molecule has 0 spiro atoms. The van der Waals surface area contributed by atoms with Crippen LogP contribution in [0, 0.1) is 6.92 Å². The van der Waals surface area contributed by atoms with Gasteiger partial charge in [-0.2, -0.15) is 0 Å². The first kappa shape index (κ1) is 15.4. The van der Waals surface area contributed by atoms with E-state index in [0.717, 1.165) is 10.6 Å². The van der Waals surface area contributed by atoms with E-state index in [9.17, 15) is 4.79 Å². The molecule has 1 unspecified atom stereocenters. The first-order valence-electron chi connectivity index (χ1n) is 6.75. The number of nitrogens with two attached hydrogens (primary N) is 1. The highest BCUT2D eigenvalue weighted by Gasteiger charge is 2.11. The summed E-state index contributed by atoms with van der Waals surface area (Å²) in [7, 11) is 0. The summed E-state index contributed by atoms with van der Waals surface area (Å²) in [6.07, 6.45) is 1.59. The van der Waals surface area contributed by atoms with Crippen LogP contribution in [0.15, 0.2) is 47.6 Å². The minimum Gasteiger partial charge on any atom is -0.397 e. The fourth-order valence-electron chi connectivity index (χ4n) is 2.05. The second-order valence-electron chi connectivity index (χ2n) is 4.86. The number of nitrogen functional groups attached to an aromatic ring is 1. The van der Waals surface area contributed by atoms with Crippen molar-refractivity contribution in [3.05, 3.63) is 53.7 Å². The number of hydrogen-bond donors (Lipinski definition) is 2. The van der Waals surface area contributed by atoms with Gasteiger partial charge in [0.15, 0.2) is 0 Å². The zero-order valence-electron chi connectivity index (χ0n) is 12.2. The summed E-state index contributed by atoms with van der Waals surface area (Å²) in [6.45, 7) is 4.04. The number of aryl methyl sites for hydroxylation is 1. The summed E-state index contributed by atoms with van der Waals surface area (Å²) in [5.41, 5.74) is 8.52. The number of hydrogen-bond acceptors (Lipinski definition) is 4. The van der Waals surface area contributed by atoms with Crippen molar-refractivity contribution in [1.82, 2.24) is 10.3 Å². The second-order valence-corrected chi connectivity index (χ2v) is 5.86. The molecule has 1 amide bonds. The molecular formula is C16H19N3OS. The van der Waals surface area contributed by atoms with E-state index in [2.05, 4.69) is 10.3 Å². The molecule has 5 heteroatoms. The van der Waals surface area contributed by atoms with Crippen LogP contribution in [0.4, 0.5) is 5.69 Å². The molecule has 0 aliphatic carbocycles. The molecule has 0 saturated carbocycles. The summed E-state index contributed by atoms with van der Waals surface area (Å²) in [5.74, 6) is 0.335. The maximum absolute atomic E-state index is 12.0. The molecule has 0 saturated heterocycles. The van der Waals surface area contributed by atoms with Gasteiger partial charge in [-0.25, -0.2) is 4.98 Å². The van der Waals surface area contributed by atoms with Crippen LogP contribution in [0.5, 0.6) is 0 Å². The van der Waals surface area contributed by atoms with Crippen LogP contribution < -0.4 is 11.1 Å². The first-order chi connectivity index (χ1) is 10.1. The van der Waals surface area contributed by atoms with Crippen molar-refractivity contribution in [3.63, 3.8) is 0 Å². The largest absolute Gasteiger partial charge is 0.397 e. The fourth-order valence-corrected chi connectivity index (χ4v) is 2.70. The van der Waals surface area contributed by atoms with E-state index in [0.29, 0.717) is 11.4 Å². The number of amides is 1. The molecule has 0 radical (unpaired) electrons. The molecule has 1 heterocycles. The zero-order chi connectivity index (χ0) is 15.2. The van der Waals surface area contributed by atoms with Gasteiger partial charge in [0.25, 0.3) is 0 Å². The lowest BCUT2D eigenvalue weighted by molar-refractivity contribution is -0.119. The third-order valence-electron chi connectivity index (χ3n) is 3.14. The molecule has 0 aliphatic rings. The summed E-state index contributed by atoms with van der Waals surface area (Å²) in [6, 6.07) is 11.7. The number of nitrogens with zero attached hydrogens (tertiary/aromatic N) is 1. The lowest BCUT2D eigenvalue weighted by Crippen LogP contribution is -2.28. The normalized spacial score (nSPS) is 11.9. The SMILES string of the molecule is Cc1ccccc1C(C)NC(=O)CSc1ccc(N)cn1. The molecule has 2 aromatic rings. The number of benzene rings is 1. The van der Waals surface area contributed by atoms with Gasteiger partial charge < -0.3 is 11.1 Å². The van der Waals surface area contributed by atoms with Gasteiger partial charge in [-0.15, -0.1) is 0 Å². The Kier molecular flexibility index (Phi) is 5.22. The van der Waals surface area contributed by atoms with Gasteiger partial charge in [0.2, 0.25) is 5.91 Å². The van der Waals surface area contributed by atoms with Crippen LogP contribution in [0.2, 0.25) is 0 Å². The Morgan fingerprint density at radius 1 is 1.33 bits per heavy atom. The Morgan fingerprint density at radius 2 is 2.10 bits per heavy atom. The maximum Gasteiger partial charge on any atom is 0.230 e. The van der Waals surface area contributed by atoms with Gasteiger partial charge in [0.1, 0.15) is 0 Å². The van der Waals surface area contributed by atoms with Crippen molar-refractivity contribution in [2.24, 2.45) is 0 Å². The molecular weight excluding hydrogens is 282 g/mol. The minimum absolute atomic E-state index is 0.00123. The van der Waals surface area contributed by atoms with E-state index in [1.54, 1.807) is 12.3 Å². The van der Waals surface area contributed by atoms with Gasteiger partial charge in [-0.05, 0) is 37.1 Å². The smallest absolute Gasteiger partial charge is 0.230 e. The van der Waals surface area contributed by atoms with Crippen LogP contribution in [-0.4, -0.2) is 16.6 Å². The second kappa shape index (κ2) is 7.13. The molecule has 3 N–H and O–H groups in total. The highest BCUT2D eigenvalue weighted by molar-refractivity contribution is 7.99. The monoisotopic (exact) mass is 301 g/mol. The highest BCUT2D eigenvalue weighted by Crippen LogP contribution is 2.18. The van der Waals surface area contributed by atoms with E-state index in [4.69, 9.17) is 5.73 Å². The summed E-state index contributed by atoms with van der Waals surface area (Å²) >= 11 is 1.40. The van der Waals surface area contributed by atoms with Crippen LogP contribution in [0.25, 0.3) is 0 Å². The van der Waals surface area contributed by atoms with Gasteiger partial charge in [0, 0.05) is 0 Å². The maximum atomic E-state index is 12.0. The minimum atomic E-state index is -0.00521.